The Morgan fingerprint density at radius 3 is 2.41 bits per heavy atom. The van der Waals surface area contributed by atoms with Crippen molar-refractivity contribution in [1.29, 1.82) is 0 Å². The lowest BCUT2D eigenvalue weighted by Gasteiger charge is -2.17. The zero-order valence-electron chi connectivity index (χ0n) is 14.3. The second-order valence-electron chi connectivity index (χ2n) is 5.64. The summed E-state index contributed by atoms with van der Waals surface area (Å²) in [5.41, 5.74) is -0.683. The fourth-order valence-corrected chi connectivity index (χ4v) is 2.42. The third kappa shape index (κ3) is 5.86. The van der Waals surface area contributed by atoms with Crippen LogP contribution in [-0.4, -0.2) is 30.3 Å². The molecule has 0 bridgehead atoms. The van der Waals surface area contributed by atoms with Crippen LogP contribution in [0.5, 0.6) is 0 Å². The molecule has 4 nitrogen and oxygen atoms in total. The van der Waals surface area contributed by atoms with E-state index in [0.29, 0.717) is 10.6 Å². The van der Waals surface area contributed by atoms with Crippen molar-refractivity contribution in [1.82, 2.24) is 4.90 Å². The number of hydrogen-bond donors (Lipinski definition) is 1. The Bertz CT molecular complexity index is 866. The van der Waals surface area contributed by atoms with E-state index in [9.17, 15) is 22.8 Å². The van der Waals surface area contributed by atoms with Crippen LogP contribution in [0.4, 0.5) is 18.9 Å². The minimum atomic E-state index is -4.59. The highest BCUT2D eigenvalue weighted by molar-refractivity contribution is 6.32. The second kappa shape index (κ2) is 8.73. The molecule has 0 saturated heterocycles. The summed E-state index contributed by atoms with van der Waals surface area (Å²) in [5.74, 6) is -1.23. The summed E-state index contributed by atoms with van der Waals surface area (Å²) < 4.78 is 38.8. The SMILES string of the molecule is CN(CC(=O)Nc1ccccc1C(F)(F)F)C(=O)/C=C/c1ccccc1Cl. The summed E-state index contributed by atoms with van der Waals surface area (Å²) >= 11 is 5.98. The predicted molar refractivity (Wildman–Crippen MR) is 98.2 cm³/mol. The van der Waals surface area contributed by atoms with Crippen molar-refractivity contribution in [3.8, 4) is 0 Å². The molecule has 142 valence electrons. The fourth-order valence-electron chi connectivity index (χ4n) is 2.22. The van der Waals surface area contributed by atoms with Gasteiger partial charge in [0.2, 0.25) is 11.8 Å². The molecule has 1 N–H and O–H groups in total. The van der Waals surface area contributed by atoms with Gasteiger partial charge < -0.3 is 10.2 Å². The molecule has 27 heavy (non-hydrogen) atoms. The number of para-hydroxylation sites is 1. The average Bonchev–Trinajstić information content (AvgIpc) is 2.60. The highest BCUT2D eigenvalue weighted by Gasteiger charge is 2.33. The van der Waals surface area contributed by atoms with Gasteiger partial charge in [-0.3, -0.25) is 9.59 Å². The van der Waals surface area contributed by atoms with Crippen molar-refractivity contribution in [2.24, 2.45) is 0 Å². The minimum absolute atomic E-state index is 0.359. The van der Waals surface area contributed by atoms with Gasteiger partial charge in [-0.25, -0.2) is 0 Å². The molecule has 0 aliphatic rings. The van der Waals surface area contributed by atoms with Crippen LogP contribution in [-0.2, 0) is 15.8 Å². The summed E-state index contributed by atoms with van der Waals surface area (Å²) in [7, 11) is 1.37. The van der Waals surface area contributed by atoms with Gasteiger partial charge in [-0.1, -0.05) is 41.9 Å². The number of nitrogens with one attached hydrogen (secondary N) is 1. The van der Waals surface area contributed by atoms with E-state index in [1.165, 1.54) is 31.3 Å². The number of anilines is 1. The molecule has 0 saturated carbocycles. The van der Waals surface area contributed by atoms with E-state index in [1.807, 2.05) is 0 Å². The first-order valence-corrected chi connectivity index (χ1v) is 8.20. The topological polar surface area (TPSA) is 49.4 Å². The van der Waals surface area contributed by atoms with Crippen molar-refractivity contribution in [2.45, 2.75) is 6.18 Å². The molecular formula is C19H16ClF3N2O2. The van der Waals surface area contributed by atoms with Gasteiger partial charge in [-0.15, -0.1) is 0 Å². The number of halogens is 4. The van der Waals surface area contributed by atoms with E-state index in [1.54, 1.807) is 24.3 Å². The molecule has 0 radical (unpaired) electrons. The van der Waals surface area contributed by atoms with Crippen molar-refractivity contribution < 1.29 is 22.8 Å². The molecule has 0 fully saturated rings. The normalized spacial score (nSPS) is 11.4. The van der Waals surface area contributed by atoms with Crippen LogP contribution in [0.25, 0.3) is 6.08 Å². The Kier molecular flexibility index (Phi) is 6.63. The molecular weight excluding hydrogens is 381 g/mol. The molecule has 0 aliphatic carbocycles. The van der Waals surface area contributed by atoms with Crippen LogP contribution in [0, 0.1) is 0 Å². The highest BCUT2D eigenvalue weighted by atomic mass is 35.5. The quantitative estimate of drug-likeness (QED) is 0.758. The maximum absolute atomic E-state index is 12.9. The number of hydrogen-bond acceptors (Lipinski definition) is 2. The fraction of sp³-hybridized carbons (Fsp3) is 0.158. The molecule has 0 aromatic heterocycles. The minimum Gasteiger partial charge on any atom is -0.333 e. The Balaban J connectivity index is 2.00. The molecule has 2 aromatic carbocycles. The lowest BCUT2D eigenvalue weighted by atomic mass is 10.1. The number of amides is 2. The Hall–Kier alpha value is -2.80. The first kappa shape index (κ1) is 20.5. The van der Waals surface area contributed by atoms with Crippen LogP contribution in [0.2, 0.25) is 5.02 Å². The number of nitrogens with zero attached hydrogens (tertiary/aromatic N) is 1. The molecule has 0 heterocycles. The summed E-state index contributed by atoms with van der Waals surface area (Å²) in [6.45, 7) is -0.405. The zero-order chi connectivity index (χ0) is 20.0. The molecule has 2 amide bonds. The molecule has 0 aliphatic heterocycles. The monoisotopic (exact) mass is 396 g/mol. The lowest BCUT2D eigenvalue weighted by Crippen LogP contribution is -2.34. The van der Waals surface area contributed by atoms with E-state index in [4.69, 9.17) is 11.6 Å². The summed E-state index contributed by atoms with van der Waals surface area (Å²) in [4.78, 5) is 25.2. The van der Waals surface area contributed by atoms with Crippen molar-refractivity contribution in [3.63, 3.8) is 0 Å². The predicted octanol–water partition coefficient (Wildman–Crippen LogP) is 4.47. The summed E-state index contributed by atoms with van der Waals surface area (Å²) in [5, 5.41) is 2.65. The maximum atomic E-state index is 12.9. The molecule has 0 spiro atoms. The maximum Gasteiger partial charge on any atom is 0.418 e. The highest BCUT2D eigenvalue weighted by Crippen LogP contribution is 2.34. The van der Waals surface area contributed by atoms with Gasteiger partial charge in [-0.05, 0) is 29.8 Å². The first-order chi connectivity index (χ1) is 12.7. The zero-order valence-corrected chi connectivity index (χ0v) is 15.0. The smallest absolute Gasteiger partial charge is 0.333 e. The Labute approximate surface area is 159 Å². The number of carbonyl (C=O) groups is 2. The Morgan fingerprint density at radius 2 is 1.74 bits per heavy atom. The number of carbonyl (C=O) groups excluding carboxylic acids is 2. The molecule has 8 heteroatoms. The van der Waals surface area contributed by atoms with Crippen molar-refractivity contribution in [3.05, 3.63) is 70.8 Å². The van der Waals surface area contributed by atoms with Gasteiger partial charge >= 0.3 is 6.18 Å². The van der Waals surface area contributed by atoms with E-state index in [-0.39, 0.29) is 5.69 Å². The van der Waals surface area contributed by atoms with Gasteiger partial charge in [0.1, 0.15) is 0 Å². The first-order valence-electron chi connectivity index (χ1n) is 7.82. The molecule has 2 aromatic rings. The molecule has 0 atom stereocenters. The third-order valence-electron chi connectivity index (χ3n) is 3.57. The second-order valence-corrected chi connectivity index (χ2v) is 6.05. The van der Waals surface area contributed by atoms with Crippen LogP contribution < -0.4 is 5.32 Å². The molecule has 0 unspecified atom stereocenters. The van der Waals surface area contributed by atoms with E-state index >= 15 is 0 Å². The standard InChI is InChI=1S/C19H16ClF3N2O2/c1-25(18(27)11-10-13-6-2-4-8-15(13)20)12-17(26)24-16-9-5-3-7-14(16)19(21,22)23/h2-11H,12H2,1H3,(H,24,26)/b11-10+. The van der Waals surface area contributed by atoms with Gasteiger partial charge in [0.15, 0.2) is 0 Å². The van der Waals surface area contributed by atoms with Gasteiger partial charge in [-0.2, -0.15) is 13.2 Å². The average molecular weight is 397 g/mol. The summed E-state index contributed by atoms with van der Waals surface area (Å²) in [6.07, 6.45) is -1.86. The van der Waals surface area contributed by atoms with E-state index in [2.05, 4.69) is 5.32 Å². The number of likely N-dealkylation sites (N-methyl/N-ethyl adjacent to an activating group) is 1. The van der Waals surface area contributed by atoms with Crippen LogP contribution >= 0.6 is 11.6 Å². The van der Waals surface area contributed by atoms with Crippen molar-refractivity contribution >= 4 is 35.2 Å². The van der Waals surface area contributed by atoms with Crippen LogP contribution in [0.15, 0.2) is 54.6 Å². The summed E-state index contributed by atoms with van der Waals surface area (Å²) in [6, 6.07) is 11.5. The van der Waals surface area contributed by atoms with Crippen molar-refractivity contribution in [2.75, 3.05) is 18.9 Å². The Morgan fingerprint density at radius 1 is 1.11 bits per heavy atom. The van der Waals surface area contributed by atoms with Gasteiger partial charge in [0.05, 0.1) is 17.8 Å². The van der Waals surface area contributed by atoms with Crippen LogP contribution in [0.3, 0.4) is 0 Å². The lowest BCUT2D eigenvalue weighted by molar-refractivity contribution is -0.137. The molecule has 2 rings (SSSR count). The number of alkyl halides is 3. The van der Waals surface area contributed by atoms with Gasteiger partial charge in [0, 0.05) is 18.1 Å². The largest absolute Gasteiger partial charge is 0.418 e. The van der Waals surface area contributed by atoms with Crippen LogP contribution in [0.1, 0.15) is 11.1 Å². The van der Waals surface area contributed by atoms with E-state index < -0.39 is 30.1 Å². The number of rotatable bonds is 5. The number of benzene rings is 2. The van der Waals surface area contributed by atoms with Gasteiger partial charge in [0.25, 0.3) is 0 Å². The van der Waals surface area contributed by atoms with E-state index in [0.717, 1.165) is 17.0 Å². The third-order valence-corrected chi connectivity index (χ3v) is 3.92.